The van der Waals surface area contributed by atoms with E-state index in [1.807, 2.05) is 27.5 Å². The van der Waals surface area contributed by atoms with Crippen molar-refractivity contribution in [3.05, 3.63) is 33.1 Å². The molecular weight excluding hydrogens is 332 g/mol. The summed E-state index contributed by atoms with van der Waals surface area (Å²) in [5.74, 6) is 0.800. The lowest BCUT2D eigenvalue weighted by Gasteiger charge is -2.17. The van der Waals surface area contributed by atoms with Gasteiger partial charge in [0, 0.05) is 16.7 Å². The predicted molar refractivity (Wildman–Crippen MR) is 73.3 cm³/mol. The van der Waals surface area contributed by atoms with Gasteiger partial charge in [-0.05, 0) is 52.6 Å². The van der Waals surface area contributed by atoms with Gasteiger partial charge in [-0.3, -0.25) is 4.79 Å². The molecule has 2 rings (SSSR count). The summed E-state index contributed by atoms with van der Waals surface area (Å²) in [4.78, 5) is 14.1. The van der Waals surface area contributed by atoms with Gasteiger partial charge in [0.15, 0.2) is 0 Å². The number of nitrogens with zero attached hydrogens (tertiary/aromatic N) is 1. The summed E-state index contributed by atoms with van der Waals surface area (Å²) in [5, 5.41) is 0. The maximum Gasteiger partial charge on any atom is 0.254 e. The van der Waals surface area contributed by atoms with E-state index in [0.29, 0.717) is 21.0 Å². The van der Waals surface area contributed by atoms with Crippen molar-refractivity contribution in [2.24, 2.45) is 11.8 Å². The first-order valence-electron chi connectivity index (χ1n) is 5.73. The molecule has 1 amide bonds. The molecule has 1 fully saturated rings. The number of carbonyl (C=O) groups excluding carboxylic acids is 1. The average Bonchev–Trinajstić information content (AvgIpc) is 2.58. The zero-order valence-electron chi connectivity index (χ0n) is 9.91. The van der Waals surface area contributed by atoms with Crippen LogP contribution in [0, 0.1) is 21.2 Å². The van der Waals surface area contributed by atoms with Crippen LogP contribution in [0.25, 0.3) is 0 Å². The SMILES string of the molecule is CC1CN(C(=O)c2ccc(F)cc2I)CC1C. The normalized spacial score (nSPS) is 24.1. The molecule has 1 aliphatic heterocycles. The first-order valence-corrected chi connectivity index (χ1v) is 6.81. The van der Waals surface area contributed by atoms with Gasteiger partial charge in [0.25, 0.3) is 5.91 Å². The van der Waals surface area contributed by atoms with Crippen molar-refractivity contribution >= 4 is 28.5 Å². The molecule has 2 atom stereocenters. The van der Waals surface area contributed by atoms with E-state index in [4.69, 9.17) is 0 Å². The molecule has 1 saturated heterocycles. The third kappa shape index (κ3) is 2.61. The summed E-state index contributed by atoms with van der Waals surface area (Å²) in [6, 6.07) is 4.32. The molecule has 2 unspecified atom stereocenters. The molecule has 0 aromatic heterocycles. The number of benzene rings is 1. The summed E-state index contributed by atoms with van der Waals surface area (Å²) in [5.41, 5.74) is 0.605. The Morgan fingerprint density at radius 1 is 1.35 bits per heavy atom. The van der Waals surface area contributed by atoms with Gasteiger partial charge in [0.05, 0.1) is 5.56 Å². The monoisotopic (exact) mass is 347 g/mol. The standard InChI is InChI=1S/C13H15FINO/c1-8-6-16(7-9(8)2)13(17)11-4-3-10(14)5-12(11)15/h3-5,8-9H,6-7H2,1-2H3. The minimum Gasteiger partial charge on any atom is -0.338 e. The lowest BCUT2D eigenvalue weighted by Crippen LogP contribution is -2.29. The van der Waals surface area contributed by atoms with Crippen LogP contribution in [0.15, 0.2) is 18.2 Å². The molecule has 0 N–H and O–H groups in total. The predicted octanol–water partition coefficient (Wildman–Crippen LogP) is 3.16. The van der Waals surface area contributed by atoms with E-state index >= 15 is 0 Å². The highest BCUT2D eigenvalue weighted by molar-refractivity contribution is 14.1. The van der Waals surface area contributed by atoms with Gasteiger partial charge in [-0.25, -0.2) is 4.39 Å². The van der Waals surface area contributed by atoms with Crippen LogP contribution in [-0.2, 0) is 0 Å². The Morgan fingerprint density at radius 2 is 1.94 bits per heavy atom. The second-order valence-electron chi connectivity index (χ2n) is 4.79. The Kier molecular flexibility index (Phi) is 3.70. The summed E-state index contributed by atoms with van der Waals surface area (Å²) >= 11 is 2.01. The van der Waals surface area contributed by atoms with Crippen LogP contribution in [0.4, 0.5) is 4.39 Å². The van der Waals surface area contributed by atoms with Gasteiger partial charge < -0.3 is 4.90 Å². The van der Waals surface area contributed by atoms with Crippen molar-refractivity contribution in [3.63, 3.8) is 0 Å². The average molecular weight is 347 g/mol. The molecule has 1 heterocycles. The van der Waals surface area contributed by atoms with Gasteiger partial charge in [0.2, 0.25) is 0 Å². The molecule has 0 bridgehead atoms. The lowest BCUT2D eigenvalue weighted by molar-refractivity contribution is 0.0784. The van der Waals surface area contributed by atoms with Crippen molar-refractivity contribution in [2.45, 2.75) is 13.8 Å². The van der Waals surface area contributed by atoms with Gasteiger partial charge in [0.1, 0.15) is 5.82 Å². The smallest absolute Gasteiger partial charge is 0.254 e. The Morgan fingerprint density at radius 3 is 2.47 bits per heavy atom. The van der Waals surface area contributed by atoms with Gasteiger partial charge in [-0.2, -0.15) is 0 Å². The number of carbonyl (C=O) groups is 1. The van der Waals surface area contributed by atoms with Crippen LogP contribution >= 0.6 is 22.6 Å². The molecule has 1 aromatic carbocycles. The molecule has 92 valence electrons. The molecule has 2 nitrogen and oxygen atoms in total. The summed E-state index contributed by atoms with van der Waals surface area (Å²) < 4.78 is 13.7. The second-order valence-corrected chi connectivity index (χ2v) is 5.95. The van der Waals surface area contributed by atoms with Crippen LogP contribution in [0.5, 0.6) is 0 Å². The van der Waals surface area contributed by atoms with E-state index in [0.717, 1.165) is 13.1 Å². The maximum atomic E-state index is 13.0. The van der Waals surface area contributed by atoms with Gasteiger partial charge in [-0.15, -0.1) is 0 Å². The first kappa shape index (κ1) is 12.8. The van der Waals surface area contributed by atoms with Crippen molar-refractivity contribution in [3.8, 4) is 0 Å². The van der Waals surface area contributed by atoms with Crippen molar-refractivity contribution in [1.82, 2.24) is 4.90 Å². The summed E-state index contributed by atoms with van der Waals surface area (Å²) in [6.45, 7) is 5.92. The fourth-order valence-electron chi connectivity index (χ4n) is 2.13. The number of likely N-dealkylation sites (tertiary alicyclic amines) is 1. The highest BCUT2D eigenvalue weighted by Crippen LogP contribution is 2.25. The van der Waals surface area contributed by atoms with E-state index in [2.05, 4.69) is 13.8 Å². The number of amides is 1. The minimum absolute atomic E-state index is 0.0191. The van der Waals surface area contributed by atoms with E-state index in [1.165, 1.54) is 12.1 Å². The number of rotatable bonds is 1. The third-order valence-corrected chi connectivity index (χ3v) is 4.33. The molecule has 0 radical (unpaired) electrons. The van der Waals surface area contributed by atoms with E-state index < -0.39 is 0 Å². The fourth-order valence-corrected chi connectivity index (χ4v) is 2.84. The maximum absolute atomic E-state index is 13.0. The summed E-state index contributed by atoms with van der Waals surface area (Å²) in [7, 11) is 0. The topological polar surface area (TPSA) is 20.3 Å². The summed E-state index contributed by atoms with van der Waals surface area (Å²) in [6.07, 6.45) is 0. The van der Waals surface area contributed by atoms with E-state index in [9.17, 15) is 9.18 Å². The molecule has 4 heteroatoms. The van der Waals surface area contributed by atoms with Crippen LogP contribution in [0.3, 0.4) is 0 Å². The van der Waals surface area contributed by atoms with E-state index in [1.54, 1.807) is 6.07 Å². The molecule has 0 spiro atoms. The van der Waals surface area contributed by atoms with Crippen molar-refractivity contribution in [2.75, 3.05) is 13.1 Å². The van der Waals surface area contributed by atoms with Gasteiger partial charge >= 0.3 is 0 Å². The lowest BCUT2D eigenvalue weighted by atomic mass is 10.0. The Hall–Kier alpha value is -0.650. The molecule has 0 saturated carbocycles. The van der Waals surface area contributed by atoms with Crippen LogP contribution < -0.4 is 0 Å². The second kappa shape index (κ2) is 4.92. The molecule has 1 aromatic rings. The largest absolute Gasteiger partial charge is 0.338 e. The zero-order chi connectivity index (χ0) is 12.6. The highest BCUT2D eigenvalue weighted by atomic mass is 127. The first-order chi connectivity index (χ1) is 7.99. The highest BCUT2D eigenvalue weighted by Gasteiger charge is 2.30. The Bertz CT molecular complexity index is 439. The molecule has 17 heavy (non-hydrogen) atoms. The van der Waals surface area contributed by atoms with Crippen molar-refractivity contribution < 1.29 is 9.18 Å². The van der Waals surface area contributed by atoms with Crippen LogP contribution in [0.2, 0.25) is 0 Å². The van der Waals surface area contributed by atoms with Crippen molar-refractivity contribution in [1.29, 1.82) is 0 Å². The Balaban J connectivity index is 2.20. The minimum atomic E-state index is -0.297. The fraction of sp³-hybridized carbons (Fsp3) is 0.462. The number of hydrogen-bond donors (Lipinski definition) is 0. The quantitative estimate of drug-likeness (QED) is 0.715. The van der Waals surface area contributed by atoms with Crippen LogP contribution in [0.1, 0.15) is 24.2 Å². The Labute approximate surface area is 114 Å². The zero-order valence-corrected chi connectivity index (χ0v) is 12.1. The number of hydrogen-bond acceptors (Lipinski definition) is 1. The van der Waals surface area contributed by atoms with Gasteiger partial charge in [-0.1, -0.05) is 13.8 Å². The third-order valence-electron chi connectivity index (χ3n) is 3.44. The van der Waals surface area contributed by atoms with Crippen LogP contribution in [-0.4, -0.2) is 23.9 Å². The molecule has 1 aliphatic rings. The molecular formula is C13H15FINO. The molecule has 0 aliphatic carbocycles. The van der Waals surface area contributed by atoms with E-state index in [-0.39, 0.29) is 11.7 Å². The number of halogens is 2.